The third kappa shape index (κ3) is 9.48. The van der Waals surface area contributed by atoms with Crippen LogP contribution >= 0.6 is 15.9 Å². The molecule has 1 atom stereocenters. The average molecular weight is 629 g/mol. The number of sulfonamides is 1. The molecule has 0 spiro atoms. The zero-order valence-corrected chi connectivity index (χ0v) is 25.9. The Morgan fingerprint density at radius 2 is 1.60 bits per heavy atom. The predicted molar refractivity (Wildman–Crippen MR) is 165 cm³/mol. The van der Waals surface area contributed by atoms with Gasteiger partial charge in [0.1, 0.15) is 6.04 Å². The van der Waals surface area contributed by atoms with Gasteiger partial charge in [0, 0.05) is 36.4 Å². The number of aryl methyl sites for hydroxylation is 1. The molecule has 0 saturated heterocycles. The fourth-order valence-corrected chi connectivity index (χ4v) is 5.96. The Hall–Kier alpha value is -3.17. The van der Waals surface area contributed by atoms with E-state index in [4.69, 9.17) is 0 Å². The summed E-state index contributed by atoms with van der Waals surface area (Å²) in [6.07, 6.45) is 1.92. The quantitative estimate of drug-likeness (QED) is 0.272. The second-order valence-corrected chi connectivity index (χ2v) is 13.1. The van der Waals surface area contributed by atoms with Gasteiger partial charge in [0.05, 0.1) is 11.9 Å². The molecule has 2 amide bonds. The van der Waals surface area contributed by atoms with Gasteiger partial charge in [-0.3, -0.25) is 13.9 Å². The molecule has 0 saturated carbocycles. The van der Waals surface area contributed by atoms with Crippen molar-refractivity contribution in [3.8, 4) is 0 Å². The lowest BCUT2D eigenvalue weighted by molar-refractivity contribution is -0.141. The molecule has 0 aromatic heterocycles. The summed E-state index contributed by atoms with van der Waals surface area (Å²) in [7, 11) is -3.55. The smallest absolute Gasteiger partial charge is 0.243 e. The molecule has 3 rings (SSSR count). The van der Waals surface area contributed by atoms with Crippen LogP contribution in [0.25, 0.3) is 0 Å². The molecule has 40 heavy (non-hydrogen) atoms. The normalized spacial score (nSPS) is 12.2. The predicted octanol–water partition coefficient (Wildman–Crippen LogP) is 5.47. The second-order valence-electron chi connectivity index (χ2n) is 10.3. The molecule has 7 nitrogen and oxygen atoms in total. The Balaban J connectivity index is 1.88. The highest BCUT2D eigenvalue weighted by molar-refractivity contribution is 9.10. The first-order valence-corrected chi connectivity index (χ1v) is 16.0. The van der Waals surface area contributed by atoms with Gasteiger partial charge >= 0.3 is 0 Å². The number of halogens is 1. The van der Waals surface area contributed by atoms with Gasteiger partial charge in [-0.25, -0.2) is 8.42 Å². The summed E-state index contributed by atoms with van der Waals surface area (Å²) in [6, 6.07) is 23.8. The van der Waals surface area contributed by atoms with E-state index in [-0.39, 0.29) is 37.4 Å². The van der Waals surface area contributed by atoms with E-state index in [0.717, 1.165) is 21.2 Å². The third-order valence-corrected chi connectivity index (χ3v) is 8.07. The van der Waals surface area contributed by atoms with Gasteiger partial charge in [-0.05, 0) is 68.1 Å². The summed E-state index contributed by atoms with van der Waals surface area (Å²) in [5.41, 5.74) is 3.35. The van der Waals surface area contributed by atoms with E-state index in [2.05, 4.69) is 21.2 Å². The molecule has 0 radical (unpaired) electrons. The molecule has 0 fully saturated rings. The van der Waals surface area contributed by atoms with E-state index in [9.17, 15) is 18.0 Å². The van der Waals surface area contributed by atoms with Crippen molar-refractivity contribution in [1.82, 2.24) is 10.2 Å². The standard InChI is InChI=1S/C31H38BrN3O4S/c1-23(2)33-31(37)29(21-25-12-6-5-7-13-25)34(22-26-14-9-15-27(32)20-26)30(36)17-10-18-35(40(4,38)39)28-16-8-11-24(3)19-28/h5-9,11-16,19-20,23,29H,10,17-18,21-22H2,1-4H3,(H,33,37)/t29-/m1/s1. The highest BCUT2D eigenvalue weighted by Crippen LogP contribution is 2.22. The number of nitrogens with zero attached hydrogens (tertiary/aromatic N) is 2. The average Bonchev–Trinajstić information content (AvgIpc) is 2.88. The van der Waals surface area contributed by atoms with Gasteiger partial charge in [0.15, 0.2) is 0 Å². The van der Waals surface area contributed by atoms with E-state index in [1.54, 1.807) is 11.0 Å². The van der Waals surface area contributed by atoms with Crippen molar-refractivity contribution >= 4 is 43.5 Å². The number of carbonyl (C=O) groups excluding carboxylic acids is 2. The largest absolute Gasteiger partial charge is 0.352 e. The van der Waals surface area contributed by atoms with Crippen LogP contribution in [0.1, 0.15) is 43.4 Å². The highest BCUT2D eigenvalue weighted by atomic mass is 79.9. The van der Waals surface area contributed by atoms with Crippen molar-refractivity contribution in [3.05, 3.63) is 100 Å². The molecule has 214 valence electrons. The number of benzene rings is 3. The van der Waals surface area contributed by atoms with Crippen molar-refractivity contribution in [2.75, 3.05) is 17.1 Å². The van der Waals surface area contributed by atoms with E-state index >= 15 is 0 Å². The first kappa shape index (κ1) is 31.4. The second kappa shape index (κ2) is 14.5. The summed E-state index contributed by atoms with van der Waals surface area (Å²) in [4.78, 5) is 29.0. The Labute approximate surface area is 246 Å². The number of amides is 2. The fraction of sp³-hybridized carbons (Fsp3) is 0.355. The summed E-state index contributed by atoms with van der Waals surface area (Å²) < 4.78 is 27.4. The van der Waals surface area contributed by atoms with Crippen LogP contribution in [-0.2, 0) is 32.6 Å². The molecule has 3 aromatic rings. The molecule has 0 unspecified atom stereocenters. The van der Waals surface area contributed by atoms with Crippen LogP contribution in [0, 0.1) is 6.92 Å². The Morgan fingerprint density at radius 1 is 0.925 bits per heavy atom. The minimum Gasteiger partial charge on any atom is -0.352 e. The van der Waals surface area contributed by atoms with Crippen LogP contribution in [0.5, 0.6) is 0 Å². The maximum Gasteiger partial charge on any atom is 0.243 e. The molecule has 1 N–H and O–H groups in total. The molecule has 0 bridgehead atoms. The molecular weight excluding hydrogens is 590 g/mol. The molecular formula is C31H38BrN3O4S. The summed E-state index contributed by atoms with van der Waals surface area (Å²) in [6.45, 7) is 6.09. The maximum absolute atomic E-state index is 13.8. The van der Waals surface area contributed by atoms with Gasteiger partial charge in [-0.15, -0.1) is 0 Å². The van der Waals surface area contributed by atoms with Gasteiger partial charge < -0.3 is 10.2 Å². The van der Waals surface area contributed by atoms with Crippen molar-refractivity contribution in [3.63, 3.8) is 0 Å². The number of hydrogen-bond acceptors (Lipinski definition) is 4. The molecule has 9 heteroatoms. The van der Waals surface area contributed by atoms with Crippen LogP contribution < -0.4 is 9.62 Å². The first-order chi connectivity index (χ1) is 18.9. The molecule has 0 aliphatic carbocycles. The fourth-order valence-electron chi connectivity index (χ4n) is 4.55. The number of rotatable bonds is 13. The molecule has 0 aliphatic rings. The van der Waals surface area contributed by atoms with E-state index in [1.807, 2.05) is 93.6 Å². The minimum atomic E-state index is -3.55. The van der Waals surface area contributed by atoms with Gasteiger partial charge in [0.2, 0.25) is 21.8 Å². The SMILES string of the molecule is Cc1cccc(N(CCCC(=O)N(Cc2cccc(Br)c2)[C@H](Cc2ccccc2)C(=O)NC(C)C)S(C)(=O)=O)c1. The zero-order chi connectivity index (χ0) is 29.3. The van der Waals surface area contributed by atoms with Crippen LogP contribution in [0.15, 0.2) is 83.3 Å². The first-order valence-electron chi connectivity index (χ1n) is 13.4. The van der Waals surface area contributed by atoms with E-state index in [0.29, 0.717) is 18.5 Å². The Bertz CT molecular complexity index is 1400. The van der Waals surface area contributed by atoms with Crippen LogP contribution in [-0.4, -0.2) is 50.0 Å². The maximum atomic E-state index is 13.8. The number of anilines is 1. The lowest BCUT2D eigenvalue weighted by Crippen LogP contribution is -2.51. The topological polar surface area (TPSA) is 86.8 Å². The molecule has 3 aromatic carbocycles. The van der Waals surface area contributed by atoms with Crippen molar-refractivity contribution < 1.29 is 18.0 Å². The van der Waals surface area contributed by atoms with Gasteiger partial charge in [-0.1, -0.05) is 70.5 Å². The van der Waals surface area contributed by atoms with Crippen molar-refractivity contribution in [1.29, 1.82) is 0 Å². The van der Waals surface area contributed by atoms with Gasteiger partial charge in [0.25, 0.3) is 0 Å². The highest BCUT2D eigenvalue weighted by Gasteiger charge is 2.31. The Kier molecular flexibility index (Phi) is 11.3. The number of hydrogen-bond donors (Lipinski definition) is 1. The van der Waals surface area contributed by atoms with Crippen LogP contribution in [0.4, 0.5) is 5.69 Å². The van der Waals surface area contributed by atoms with Gasteiger partial charge in [-0.2, -0.15) is 0 Å². The van der Waals surface area contributed by atoms with Crippen molar-refractivity contribution in [2.24, 2.45) is 0 Å². The van der Waals surface area contributed by atoms with Crippen LogP contribution in [0.2, 0.25) is 0 Å². The minimum absolute atomic E-state index is 0.0894. The zero-order valence-electron chi connectivity index (χ0n) is 23.5. The van der Waals surface area contributed by atoms with Crippen molar-refractivity contribution in [2.45, 2.75) is 58.7 Å². The lowest BCUT2D eigenvalue weighted by atomic mass is 10.0. The number of nitrogens with one attached hydrogen (secondary N) is 1. The Morgan fingerprint density at radius 3 is 2.23 bits per heavy atom. The molecule has 0 aliphatic heterocycles. The summed E-state index contributed by atoms with van der Waals surface area (Å²) >= 11 is 3.50. The number of carbonyl (C=O) groups is 2. The monoisotopic (exact) mass is 627 g/mol. The van der Waals surface area contributed by atoms with E-state index < -0.39 is 16.1 Å². The third-order valence-electron chi connectivity index (χ3n) is 6.39. The van der Waals surface area contributed by atoms with E-state index in [1.165, 1.54) is 10.6 Å². The molecule has 0 heterocycles. The van der Waals surface area contributed by atoms with Crippen LogP contribution in [0.3, 0.4) is 0 Å². The summed E-state index contributed by atoms with van der Waals surface area (Å²) in [5.74, 6) is -0.433. The lowest BCUT2D eigenvalue weighted by Gasteiger charge is -2.32. The summed E-state index contributed by atoms with van der Waals surface area (Å²) in [5, 5.41) is 2.99.